The van der Waals surface area contributed by atoms with Crippen molar-refractivity contribution in [3.63, 3.8) is 0 Å². The summed E-state index contributed by atoms with van der Waals surface area (Å²) in [5.74, 6) is -1.25. The molecule has 0 spiro atoms. The SMILES string of the molecule is CCNC(=O)c1ccc(Oc2ccc(CC(=O)O)cc2Cl)c(NS(=O)(=O)c2ccc(Cl)cc2Cl)c1. The normalized spacial score (nSPS) is 11.1. The van der Waals surface area contributed by atoms with Crippen molar-refractivity contribution in [3.05, 3.63) is 80.8 Å². The Kier molecular flexibility index (Phi) is 8.50. The van der Waals surface area contributed by atoms with Gasteiger partial charge in [0.1, 0.15) is 10.6 Å². The van der Waals surface area contributed by atoms with E-state index in [1.807, 2.05) is 0 Å². The summed E-state index contributed by atoms with van der Waals surface area (Å²) < 4.78 is 34.4. The lowest BCUT2D eigenvalue weighted by molar-refractivity contribution is -0.136. The number of carbonyl (C=O) groups excluding carboxylic acids is 1. The van der Waals surface area contributed by atoms with Gasteiger partial charge < -0.3 is 15.2 Å². The minimum Gasteiger partial charge on any atom is -0.481 e. The van der Waals surface area contributed by atoms with E-state index < -0.39 is 21.9 Å². The second-order valence-electron chi connectivity index (χ2n) is 7.19. The quantitative estimate of drug-likeness (QED) is 0.314. The predicted octanol–water partition coefficient (Wildman–Crippen LogP) is 5.62. The fourth-order valence-electron chi connectivity index (χ4n) is 3.03. The number of ether oxygens (including phenoxy) is 1. The Bertz CT molecular complexity index is 1400. The standard InChI is InChI=1S/C23H19Cl3N2O6S/c1-2-27-23(31)14-4-7-20(34-19-6-3-13(9-16(19)25)10-22(29)30)18(11-14)28-35(32,33)21-8-5-15(24)12-17(21)26/h3-9,11-12,28H,2,10H2,1H3,(H,27,31)(H,29,30). The highest BCUT2D eigenvalue weighted by Crippen LogP contribution is 2.37. The van der Waals surface area contributed by atoms with Gasteiger partial charge in [0.2, 0.25) is 0 Å². The van der Waals surface area contributed by atoms with Gasteiger partial charge in [0, 0.05) is 17.1 Å². The number of carboxylic acids is 1. The van der Waals surface area contributed by atoms with Crippen LogP contribution in [0.5, 0.6) is 11.5 Å². The molecule has 1 amide bonds. The van der Waals surface area contributed by atoms with Gasteiger partial charge in [-0.3, -0.25) is 14.3 Å². The van der Waals surface area contributed by atoms with Crippen LogP contribution in [0.1, 0.15) is 22.8 Å². The van der Waals surface area contributed by atoms with Crippen LogP contribution in [0.15, 0.2) is 59.5 Å². The van der Waals surface area contributed by atoms with Crippen LogP contribution >= 0.6 is 34.8 Å². The molecule has 0 aromatic heterocycles. The molecule has 0 radical (unpaired) electrons. The molecule has 0 bridgehead atoms. The van der Waals surface area contributed by atoms with Crippen LogP contribution in [-0.2, 0) is 21.2 Å². The summed E-state index contributed by atoms with van der Waals surface area (Å²) in [6.45, 7) is 2.12. The number of rotatable bonds is 9. The molecular formula is C23H19Cl3N2O6S. The van der Waals surface area contributed by atoms with Gasteiger partial charge in [-0.05, 0) is 61.0 Å². The summed E-state index contributed by atoms with van der Waals surface area (Å²) >= 11 is 18.2. The number of halogens is 3. The summed E-state index contributed by atoms with van der Waals surface area (Å²) in [6.07, 6.45) is -0.228. The minimum absolute atomic E-state index is 0.0413. The van der Waals surface area contributed by atoms with Crippen molar-refractivity contribution in [2.75, 3.05) is 11.3 Å². The number of hydrogen-bond donors (Lipinski definition) is 3. The zero-order valence-corrected chi connectivity index (χ0v) is 21.2. The van der Waals surface area contributed by atoms with Gasteiger partial charge in [0.05, 0.1) is 22.2 Å². The number of aliphatic carboxylic acids is 1. The molecule has 35 heavy (non-hydrogen) atoms. The van der Waals surface area contributed by atoms with Gasteiger partial charge >= 0.3 is 5.97 Å². The first-order valence-corrected chi connectivity index (χ1v) is 12.7. The van der Waals surface area contributed by atoms with Gasteiger partial charge in [-0.1, -0.05) is 40.9 Å². The van der Waals surface area contributed by atoms with Gasteiger partial charge in [0.15, 0.2) is 5.75 Å². The van der Waals surface area contributed by atoms with Crippen LogP contribution in [0.2, 0.25) is 15.1 Å². The Labute approximate surface area is 216 Å². The lowest BCUT2D eigenvalue weighted by atomic mass is 10.1. The van der Waals surface area contributed by atoms with Gasteiger partial charge in [-0.2, -0.15) is 0 Å². The molecule has 0 saturated carbocycles. The molecule has 3 aromatic carbocycles. The third-order valence-electron chi connectivity index (χ3n) is 4.58. The zero-order chi connectivity index (χ0) is 25.8. The third kappa shape index (κ3) is 6.79. The Morgan fingerprint density at radius 3 is 2.29 bits per heavy atom. The molecule has 8 nitrogen and oxygen atoms in total. The third-order valence-corrected chi connectivity index (χ3v) is 6.96. The first-order chi connectivity index (χ1) is 16.5. The number of benzene rings is 3. The highest BCUT2D eigenvalue weighted by molar-refractivity contribution is 7.92. The maximum absolute atomic E-state index is 13.1. The molecule has 3 N–H and O–H groups in total. The summed E-state index contributed by atoms with van der Waals surface area (Å²) in [5.41, 5.74) is 0.590. The smallest absolute Gasteiger partial charge is 0.307 e. The number of nitrogens with one attached hydrogen (secondary N) is 2. The highest BCUT2D eigenvalue weighted by Gasteiger charge is 2.22. The molecule has 0 unspecified atom stereocenters. The fraction of sp³-hybridized carbons (Fsp3) is 0.130. The van der Waals surface area contributed by atoms with Crippen LogP contribution in [0, 0.1) is 0 Å². The van der Waals surface area contributed by atoms with Crippen LogP contribution < -0.4 is 14.8 Å². The van der Waals surface area contributed by atoms with Crippen molar-refractivity contribution in [1.82, 2.24) is 5.32 Å². The average Bonchev–Trinajstić information content (AvgIpc) is 2.76. The number of carboxylic acid groups (broad SMARTS) is 1. The van der Waals surface area contributed by atoms with E-state index in [1.165, 1.54) is 54.6 Å². The molecule has 184 valence electrons. The Morgan fingerprint density at radius 2 is 1.66 bits per heavy atom. The Hall–Kier alpha value is -2.98. The van der Waals surface area contributed by atoms with E-state index in [0.717, 1.165) is 0 Å². The first-order valence-electron chi connectivity index (χ1n) is 10.1. The van der Waals surface area contributed by atoms with Crippen molar-refractivity contribution in [2.24, 2.45) is 0 Å². The molecule has 12 heteroatoms. The molecule has 3 aromatic rings. The number of hydrogen-bond acceptors (Lipinski definition) is 5. The first kappa shape index (κ1) is 26.6. The Balaban J connectivity index is 2.02. The lowest BCUT2D eigenvalue weighted by Gasteiger charge is -2.16. The summed E-state index contributed by atoms with van der Waals surface area (Å²) in [4.78, 5) is 23.0. The molecule has 0 aliphatic carbocycles. The van der Waals surface area contributed by atoms with Crippen molar-refractivity contribution in [1.29, 1.82) is 0 Å². The summed E-state index contributed by atoms with van der Waals surface area (Å²) in [5, 5.41) is 11.9. The van der Waals surface area contributed by atoms with Gasteiger partial charge in [-0.15, -0.1) is 0 Å². The molecule has 0 aliphatic heterocycles. The summed E-state index contributed by atoms with van der Waals surface area (Å²) in [6, 6.07) is 12.5. The van der Waals surface area contributed by atoms with E-state index >= 15 is 0 Å². The van der Waals surface area contributed by atoms with Crippen LogP contribution in [-0.4, -0.2) is 31.9 Å². The maximum atomic E-state index is 13.1. The topological polar surface area (TPSA) is 122 Å². The van der Waals surface area contributed by atoms with Gasteiger partial charge in [0.25, 0.3) is 15.9 Å². The molecule has 3 rings (SSSR count). The van der Waals surface area contributed by atoms with E-state index in [9.17, 15) is 18.0 Å². The molecule has 0 fully saturated rings. The molecule has 0 aliphatic rings. The average molecular weight is 558 g/mol. The van der Waals surface area contributed by atoms with Gasteiger partial charge in [-0.25, -0.2) is 8.42 Å². The van der Waals surface area contributed by atoms with E-state index in [4.69, 9.17) is 44.6 Å². The molecule has 0 heterocycles. The van der Waals surface area contributed by atoms with Crippen molar-refractivity contribution in [2.45, 2.75) is 18.2 Å². The summed E-state index contributed by atoms with van der Waals surface area (Å²) in [7, 11) is -4.21. The number of sulfonamides is 1. The number of anilines is 1. The number of amides is 1. The second-order valence-corrected chi connectivity index (χ2v) is 10.1. The molecular weight excluding hydrogens is 539 g/mol. The Morgan fingerprint density at radius 1 is 0.943 bits per heavy atom. The highest BCUT2D eigenvalue weighted by atomic mass is 35.5. The van der Waals surface area contributed by atoms with Crippen LogP contribution in [0.25, 0.3) is 0 Å². The monoisotopic (exact) mass is 556 g/mol. The predicted molar refractivity (Wildman–Crippen MR) is 135 cm³/mol. The van der Waals surface area contributed by atoms with E-state index in [1.54, 1.807) is 6.92 Å². The minimum atomic E-state index is -4.21. The van der Waals surface area contributed by atoms with Crippen molar-refractivity contribution < 1.29 is 27.9 Å². The van der Waals surface area contributed by atoms with E-state index in [-0.39, 0.29) is 49.1 Å². The molecule has 0 atom stereocenters. The zero-order valence-electron chi connectivity index (χ0n) is 18.1. The number of carbonyl (C=O) groups is 2. The largest absolute Gasteiger partial charge is 0.481 e. The van der Waals surface area contributed by atoms with Crippen LogP contribution in [0.3, 0.4) is 0 Å². The van der Waals surface area contributed by atoms with E-state index in [2.05, 4.69) is 10.0 Å². The molecule has 0 saturated heterocycles. The second kappa shape index (κ2) is 11.2. The maximum Gasteiger partial charge on any atom is 0.307 e. The van der Waals surface area contributed by atoms with Crippen LogP contribution in [0.4, 0.5) is 5.69 Å². The van der Waals surface area contributed by atoms with E-state index in [0.29, 0.717) is 12.1 Å². The van der Waals surface area contributed by atoms with Crippen molar-refractivity contribution in [3.8, 4) is 11.5 Å². The van der Waals surface area contributed by atoms with Crippen molar-refractivity contribution >= 4 is 62.4 Å². The lowest BCUT2D eigenvalue weighted by Crippen LogP contribution is -2.23. The fourth-order valence-corrected chi connectivity index (χ4v) is 5.10.